The second-order valence-corrected chi connectivity index (χ2v) is 7.01. The zero-order valence-electron chi connectivity index (χ0n) is 15.3. The van der Waals surface area contributed by atoms with Crippen molar-refractivity contribution in [2.75, 3.05) is 31.1 Å². The largest absolute Gasteiger partial charge is 0.464 e. The van der Waals surface area contributed by atoms with Gasteiger partial charge in [-0.05, 0) is 36.4 Å². The first-order valence-corrected chi connectivity index (χ1v) is 9.35. The maximum absolute atomic E-state index is 13.2. The van der Waals surface area contributed by atoms with E-state index in [-0.39, 0.29) is 5.82 Å². The number of piperazine rings is 1. The summed E-state index contributed by atoms with van der Waals surface area (Å²) >= 11 is 0. The van der Waals surface area contributed by atoms with Crippen LogP contribution >= 0.6 is 0 Å². The Bertz CT molecular complexity index is 1080. The molecule has 4 heterocycles. The van der Waals surface area contributed by atoms with Crippen molar-refractivity contribution < 1.29 is 8.81 Å². The van der Waals surface area contributed by atoms with Crippen molar-refractivity contribution in [3.63, 3.8) is 0 Å². The summed E-state index contributed by atoms with van der Waals surface area (Å²) in [6, 6.07) is 10.4. The summed E-state index contributed by atoms with van der Waals surface area (Å²) in [4.78, 5) is 9.28. The van der Waals surface area contributed by atoms with Gasteiger partial charge in [-0.2, -0.15) is 5.10 Å². The minimum atomic E-state index is -0.234. The lowest BCUT2D eigenvalue weighted by Crippen LogP contribution is -2.46. The highest BCUT2D eigenvalue weighted by atomic mass is 19.1. The van der Waals surface area contributed by atoms with Crippen LogP contribution in [0.5, 0.6) is 0 Å². The van der Waals surface area contributed by atoms with E-state index in [2.05, 4.69) is 25.0 Å². The Labute approximate surface area is 161 Å². The normalized spacial score (nSPS) is 15.4. The Morgan fingerprint density at radius 2 is 1.86 bits per heavy atom. The van der Waals surface area contributed by atoms with E-state index in [1.807, 2.05) is 18.3 Å². The first kappa shape index (κ1) is 16.9. The Kier molecular flexibility index (Phi) is 4.29. The van der Waals surface area contributed by atoms with Gasteiger partial charge in [0.05, 0.1) is 23.5 Å². The van der Waals surface area contributed by atoms with Gasteiger partial charge in [-0.3, -0.25) is 10.00 Å². The molecule has 7 heteroatoms. The molecule has 1 aromatic carbocycles. The topological polar surface area (TPSA) is 61.2 Å². The highest BCUT2D eigenvalue weighted by Gasteiger charge is 2.21. The fourth-order valence-electron chi connectivity index (χ4n) is 3.79. The van der Waals surface area contributed by atoms with Crippen LogP contribution in [-0.4, -0.2) is 46.3 Å². The lowest BCUT2D eigenvalue weighted by molar-refractivity contribution is 0.250. The van der Waals surface area contributed by atoms with E-state index in [0.717, 1.165) is 66.3 Å². The molecule has 6 nitrogen and oxygen atoms in total. The second kappa shape index (κ2) is 7.09. The highest BCUT2D eigenvalue weighted by molar-refractivity contribution is 5.88. The molecule has 0 radical (unpaired) electrons. The van der Waals surface area contributed by atoms with Crippen molar-refractivity contribution in [2.24, 2.45) is 0 Å². The Morgan fingerprint density at radius 1 is 1.04 bits per heavy atom. The van der Waals surface area contributed by atoms with Crippen molar-refractivity contribution >= 4 is 16.8 Å². The number of hydrogen-bond donors (Lipinski definition) is 1. The third-order valence-corrected chi connectivity index (χ3v) is 5.28. The van der Waals surface area contributed by atoms with Crippen LogP contribution in [0.25, 0.3) is 22.2 Å². The molecule has 0 atom stereocenters. The highest BCUT2D eigenvalue weighted by Crippen LogP contribution is 2.27. The average Bonchev–Trinajstić information content (AvgIpc) is 3.38. The molecule has 28 heavy (non-hydrogen) atoms. The summed E-state index contributed by atoms with van der Waals surface area (Å²) in [7, 11) is 0. The van der Waals surface area contributed by atoms with Crippen LogP contribution < -0.4 is 4.90 Å². The van der Waals surface area contributed by atoms with Crippen LogP contribution in [0, 0.1) is 5.82 Å². The van der Waals surface area contributed by atoms with Crippen LogP contribution in [0.15, 0.2) is 59.5 Å². The van der Waals surface area contributed by atoms with Gasteiger partial charge < -0.3 is 9.32 Å². The van der Waals surface area contributed by atoms with Crippen molar-refractivity contribution in [3.05, 3.63) is 66.4 Å². The van der Waals surface area contributed by atoms with E-state index in [4.69, 9.17) is 4.42 Å². The lowest BCUT2D eigenvalue weighted by Gasteiger charge is -2.35. The van der Waals surface area contributed by atoms with Gasteiger partial charge in [-0.25, -0.2) is 9.37 Å². The molecule has 1 aliphatic heterocycles. The molecule has 1 fully saturated rings. The van der Waals surface area contributed by atoms with Gasteiger partial charge >= 0.3 is 0 Å². The molecule has 0 aliphatic carbocycles. The molecule has 3 aromatic heterocycles. The van der Waals surface area contributed by atoms with Crippen molar-refractivity contribution in [1.29, 1.82) is 0 Å². The summed E-state index contributed by atoms with van der Waals surface area (Å²) in [5.74, 6) is 0.753. The van der Waals surface area contributed by atoms with Crippen LogP contribution in [0.3, 0.4) is 0 Å². The molecule has 1 N–H and O–H groups in total. The van der Waals surface area contributed by atoms with Crippen LogP contribution in [0.1, 0.15) is 5.56 Å². The minimum Gasteiger partial charge on any atom is -0.464 e. The smallest absolute Gasteiger partial charge is 0.139 e. The van der Waals surface area contributed by atoms with E-state index in [0.29, 0.717) is 0 Å². The van der Waals surface area contributed by atoms with Gasteiger partial charge in [0.25, 0.3) is 0 Å². The number of fused-ring (bicyclic) bond motifs is 1. The lowest BCUT2D eigenvalue weighted by atomic mass is 10.1. The Hall–Kier alpha value is -3.19. The summed E-state index contributed by atoms with van der Waals surface area (Å²) in [6.07, 6.45) is 5.37. The number of furan rings is 1. The van der Waals surface area contributed by atoms with Gasteiger partial charge in [0.1, 0.15) is 17.2 Å². The van der Waals surface area contributed by atoms with E-state index < -0.39 is 0 Å². The number of rotatable bonds is 4. The third kappa shape index (κ3) is 3.14. The number of nitrogens with zero attached hydrogens (tertiary/aromatic N) is 4. The molecule has 4 aromatic rings. The molecule has 5 rings (SSSR count). The number of benzene rings is 1. The number of anilines is 1. The zero-order chi connectivity index (χ0) is 18.9. The number of aromatic amines is 1. The van der Waals surface area contributed by atoms with Crippen LogP contribution in [0.4, 0.5) is 10.2 Å². The molecule has 142 valence electrons. The number of aromatic nitrogens is 3. The molecule has 0 amide bonds. The molecular weight excluding hydrogens is 357 g/mol. The number of hydrogen-bond acceptors (Lipinski definition) is 5. The molecule has 0 saturated carbocycles. The maximum atomic E-state index is 13.2. The summed E-state index contributed by atoms with van der Waals surface area (Å²) in [5, 5.41) is 8.31. The first-order valence-electron chi connectivity index (χ1n) is 9.35. The fourth-order valence-corrected chi connectivity index (χ4v) is 3.79. The van der Waals surface area contributed by atoms with Crippen molar-refractivity contribution in [1.82, 2.24) is 20.1 Å². The molecule has 1 aliphatic rings. The third-order valence-electron chi connectivity index (χ3n) is 5.28. The SMILES string of the molecule is Fc1ccc(-c2[nH]ncc2CN2CCN(c3nccc4occc34)CC2)cc1. The van der Waals surface area contributed by atoms with E-state index in [9.17, 15) is 4.39 Å². The molecule has 0 spiro atoms. The Morgan fingerprint density at radius 3 is 2.68 bits per heavy atom. The summed E-state index contributed by atoms with van der Waals surface area (Å²) in [6.45, 7) is 4.48. The molecule has 0 unspecified atom stereocenters. The van der Waals surface area contributed by atoms with E-state index in [1.165, 1.54) is 12.1 Å². The van der Waals surface area contributed by atoms with Crippen molar-refractivity contribution in [3.8, 4) is 11.3 Å². The molecule has 0 bridgehead atoms. The monoisotopic (exact) mass is 377 g/mol. The fraction of sp³-hybridized carbons (Fsp3) is 0.238. The van der Waals surface area contributed by atoms with Crippen LogP contribution in [-0.2, 0) is 6.54 Å². The van der Waals surface area contributed by atoms with Gasteiger partial charge in [-0.1, -0.05) is 0 Å². The number of pyridine rings is 1. The Balaban J connectivity index is 1.28. The van der Waals surface area contributed by atoms with Gasteiger partial charge in [0.15, 0.2) is 0 Å². The number of halogens is 1. The van der Waals surface area contributed by atoms with Gasteiger partial charge in [0.2, 0.25) is 0 Å². The quantitative estimate of drug-likeness (QED) is 0.588. The number of H-pyrrole nitrogens is 1. The van der Waals surface area contributed by atoms with E-state index >= 15 is 0 Å². The average molecular weight is 377 g/mol. The summed E-state index contributed by atoms with van der Waals surface area (Å²) in [5.41, 5.74) is 3.89. The standard InChI is InChI=1S/C21H20FN5O/c22-17-3-1-15(2-4-17)20-16(13-24-25-20)14-26-8-10-27(11-9-26)21-18-6-12-28-19(18)5-7-23-21/h1-7,12-13H,8-11,14H2,(H,24,25). The van der Waals surface area contributed by atoms with Gasteiger partial charge in [-0.15, -0.1) is 0 Å². The molecular formula is C21H20FN5O. The minimum absolute atomic E-state index is 0.234. The number of nitrogens with one attached hydrogen (secondary N) is 1. The maximum Gasteiger partial charge on any atom is 0.139 e. The predicted octanol–water partition coefficient (Wildman–Crippen LogP) is 3.68. The predicted molar refractivity (Wildman–Crippen MR) is 105 cm³/mol. The zero-order valence-corrected chi connectivity index (χ0v) is 15.3. The van der Waals surface area contributed by atoms with Gasteiger partial charge in [0, 0.05) is 50.0 Å². The van der Waals surface area contributed by atoms with Crippen LogP contribution in [0.2, 0.25) is 0 Å². The first-order chi connectivity index (χ1) is 13.8. The molecule has 1 saturated heterocycles. The summed E-state index contributed by atoms with van der Waals surface area (Å²) < 4.78 is 18.7. The second-order valence-electron chi connectivity index (χ2n) is 7.01. The van der Waals surface area contributed by atoms with E-state index in [1.54, 1.807) is 24.6 Å². The van der Waals surface area contributed by atoms with Crippen molar-refractivity contribution in [2.45, 2.75) is 6.54 Å².